The first-order valence-corrected chi connectivity index (χ1v) is 12.1. The monoisotopic (exact) mass is 472 g/mol. The summed E-state index contributed by atoms with van der Waals surface area (Å²) in [5, 5.41) is 2.92. The van der Waals surface area contributed by atoms with Crippen molar-refractivity contribution in [2.75, 3.05) is 17.1 Å². The number of amides is 1. The quantitative estimate of drug-likeness (QED) is 0.363. The molecule has 0 spiro atoms. The molecule has 0 aliphatic rings. The van der Waals surface area contributed by atoms with Crippen LogP contribution in [0.15, 0.2) is 108 Å². The minimum Gasteiger partial charge on any atom is -0.497 e. The lowest BCUT2D eigenvalue weighted by molar-refractivity contribution is 0.102. The van der Waals surface area contributed by atoms with Gasteiger partial charge in [-0.05, 0) is 66.1 Å². The summed E-state index contributed by atoms with van der Waals surface area (Å²) in [6.07, 6.45) is 0.664. The van der Waals surface area contributed by atoms with E-state index >= 15 is 0 Å². The van der Waals surface area contributed by atoms with Gasteiger partial charge < -0.3 is 10.1 Å². The number of benzene rings is 4. The lowest BCUT2D eigenvalue weighted by atomic mass is 10.0. The molecular formula is C27H24N2O4S. The predicted octanol–water partition coefficient (Wildman–Crippen LogP) is 5.34. The Morgan fingerprint density at radius 3 is 2.26 bits per heavy atom. The maximum Gasteiger partial charge on any atom is 0.261 e. The Balaban J connectivity index is 1.52. The van der Waals surface area contributed by atoms with Crippen LogP contribution < -0.4 is 14.8 Å². The summed E-state index contributed by atoms with van der Waals surface area (Å²) in [6.45, 7) is 0. The Bertz CT molecular complexity index is 1390. The van der Waals surface area contributed by atoms with Gasteiger partial charge in [-0.2, -0.15) is 0 Å². The molecule has 0 saturated carbocycles. The Kier molecular flexibility index (Phi) is 6.94. The molecule has 0 heterocycles. The molecule has 1 amide bonds. The number of methoxy groups -OCH3 is 1. The average molecular weight is 473 g/mol. The largest absolute Gasteiger partial charge is 0.497 e. The van der Waals surface area contributed by atoms with Crippen molar-refractivity contribution in [3.63, 3.8) is 0 Å². The Labute approximate surface area is 199 Å². The second kappa shape index (κ2) is 10.2. The number of rotatable bonds is 8. The van der Waals surface area contributed by atoms with Crippen LogP contribution in [0.2, 0.25) is 0 Å². The molecule has 34 heavy (non-hydrogen) atoms. The minimum absolute atomic E-state index is 0.00598. The van der Waals surface area contributed by atoms with E-state index in [4.69, 9.17) is 4.74 Å². The Hall–Kier alpha value is -4.10. The molecule has 6 nitrogen and oxygen atoms in total. The lowest BCUT2D eigenvalue weighted by Crippen LogP contribution is -2.16. The molecule has 0 aromatic heterocycles. The zero-order valence-electron chi connectivity index (χ0n) is 18.6. The lowest BCUT2D eigenvalue weighted by Gasteiger charge is -2.13. The summed E-state index contributed by atoms with van der Waals surface area (Å²) in [7, 11) is -2.34. The van der Waals surface area contributed by atoms with Gasteiger partial charge in [0.05, 0.1) is 12.0 Å². The van der Waals surface area contributed by atoms with Gasteiger partial charge >= 0.3 is 0 Å². The summed E-state index contributed by atoms with van der Waals surface area (Å²) in [4.78, 5) is 13.0. The number of carbonyl (C=O) groups excluding carboxylic acids is 1. The smallest absolute Gasteiger partial charge is 0.261 e. The highest BCUT2D eigenvalue weighted by atomic mass is 32.2. The molecule has 0 radical (unpaired) electrons. The molecule has 4 rings (SSSR count). The van der Waals surface area contributed by atoms with Crippen LogP contribution in [0.5, 0.6) is 5.75 Å². The van der Waals surface area contributed by atoms with Gasteiger partial charge in [-0.1, -0.05) is 54.6 Å². The fraction of sp³-hybridized carbons (Fsp3) is 0.0741. The number of sulfonamides is 1. The number of anilines is 2. The van der Waals surface area contributed by atoms with E-state index < -0.39 is 10.0 Å². The number of nitrogens with one attached hydrogen (secondary N) is 2. The average Bonchev–Trinajstić information content (AvgIpc) is 2.86. The van der Waals surface area contributed by atoms with Crippen LogP contribution in [0.4, 0.5) is 11.4 Å². The molecule has 2 N–H and O–H groups in total. The van der Waals surface area contributed by atoms with E-state index in [1.807, 2.05) is 54.6 Å². The van der Waals surface area contributed by atoms with Crippen LogP contribution in [-0.2, 0) is 16.4 Å². The maximum absolute atomic E-state index is 13.0. The van der Waals surface area contributed by atoms with Gasteiger partial charge in [0.2, 0.25) is 0 Å². The number of hydrogen-bond acceptors (Lipinski definition) is 4. The number of carbonyl (C=O) groups is 1. The predicted molar refractivity (Wildman–Crippen MR) is 134 cm³/mol. The van der Waals surface area contributed by atoms with E-state index in [-0.39, 0.29) is 16.4 Å². The van der Waals surface area contributed by atoms with Crippen LogP contribution >= 0.6 is 0 Å². The second-order valence-corrected chi connectivity index (χ2v) is 9.32. The van der Waals surface area contributed by atoms with E-state index in [1.165, 1.54) is 19.2 Å². The molecule has 0 aliphatic heterocycles. The summed E-state index contributed by atoms with van der Waals surface area (Å²) in [6, 6.07) is 30.0. The molecule has 7 heteroatoms. The topological polar surface area (TPSA) is 84.5 Å². The molecule has 0 fully saturated rings. The number of para-hydroxylation sites is 1. The zero-order chi connectivity index (χ0) is 24.0. The first kappa shape index (κ1) is 23.1. The van der Waals surface area contributed by atoms with Crippen LogP contribution in [0.25, 0.3) is 0 Å². The van der Waals surface area contributed by atoms with Crippen molar-refractivity contribution in [1.29, 1.82) is 0 Å². The van der Waals surface area contributed by atoms with Crippen molar-refractivity contribution < 1.29 is 17.9 Å². The van der Waals surface area contributed by atoms with Crippen molar-refractivity contribution in [2.24, 2.45) is 0 Å². The van der Waals surface area contributed by atoms with E-state index in [9.17, 15) is 13.2 Å². The van der Waals surface area contributed by atoms with Crippen molar-refractivity contribution in [3.8, 4) is 5.75 Å². The number of ether oxygens (including phenoxy) is 1. The van der Waals surface area contributed by atoms with Gasteiger partial charge in [0.1, 0.15) is 5.75 Å². The third-order valence-corrected chi connectivity index (χ3v) is 6.63. The van der Waals surface area contributed by atoms with Gasteiger partial charge in [0.25, 0.3) is 15.9 Å². The first-order valence-electron chi connectivity index (χ1n) is 10.6. The van der Waals surface area contributed by atoms with Crippen LogP contribution in [0.3, 0.4) is 0 Å². The van der Waals surface area contributed by atoms with Gasteiger partial charge in [-0.3, -0.25) is 9.52 Å². The molecule has 4 aromatic rings. The Morgan fingerprint density at radius 2 is 1.53 bits per heavy atom. The zero-order valence-corrected chi connectivity index (χ0v) is 19.4. The van der Waals surface area contributed by atoms with Gasteiger partial charge in [0, 0.05) is 16.9 Å². The van der Waals surface area contributed by atoms with E-state index in [0.717, 1.165) is 11.1 Å². The molecule has 0 unspecified atom stereocenters. The van der Waals surface area contributed by atoms with Crippen molar-refractivity contribution in [3.05, 3.63) is 120 Å². The van der Waals surface area contributed by atoms with Crippen molar-refractivity contribution in [1.82, 2.24) is 0 Å². The third-order valence-electron chi connectivity index (χ3n) is 5.25. The summed E-state index contributed by atoms with van der Waals surface area (Å²) < 4.78 is 33.4. The van der Waals surface area contributed by atoms with E-state index in [2.05, 4.69) is 10.0 Å². The van der Waals surface area contributed by atoms with Crippen LogP contribution in [0.1, 0.15) is 21.5 Å². The summed E-state index contributed by atoms with van der Waals surface area (Å²) >= 11 is 0. The van der Waals surface area contributed by atoms with Crippen molar-refractivity contribution in [2.45, 2.75) is 11.3 Å². The Morgan fingerprint density at radius 1 is 0.824 bits per heavy atom. The molecule has 0 aliphatic carbocycles. The molecule has 172 valence electrons. The van der Waals surface area contributed by atoms with Gasteiger partial charge in [-0.15, -0.1) is 0 Å². The highest BCUT2D eigenvalue weighted by Crippen LogP contribution is 2.22. The fourth-order valence-electron chi connectivity index (χ4n) is 3.48. The molecule has 0 bridgehead atoms. The SMILES string of the molecule is COc1ccc(NS(=O)(=O)c2cccc(C(=O)Nc3ccccc3Cc3ccccc3)c2)cc1. The number of hydrogen-bond donors (Lipinski definition) is 2. The minimum atomic E-state index is -3.88. The van der Waals surface area contributed by atoms with E-state index in [1.54, 1.807) is 36.4 Å². The second-order valence-electron chi connectivity index (χ2n) is 7.64. The first-order chi connectivity index (χ1) is 16.4. The molecular weight excluding hydrogens is 448 g/mol. The third kappa shape index (κ3) is 5.63. The summed E-state index contributed by atoms with van der Waals surface area (Å²) in [5.74, 6) is 0.233. The summed E-state index contributed by atoms with van der Waals surface area (Å²) in [5.41, 5.74) is 3.41. The highest BCUT2D eigenvalue weighted by Gasteiger charge is 2.17. The van der Waals surface area contributed by atoms with Gasteiger partial charge in [0.15, 0.2) is 0 Å². The molecule has 0 atom stereocenters. The van der Waals surface area contributed by atoms with Crippen LogP contribution in [-0.4, -0.2) is 21.4 Å². The molecule has 4 aromatic carbocycles. The van der Waals surface area contributed by atoms with Crippen molar-refractivity contribution >= 4 is 27.3 Å². The normalized spacial score (nSPS) is 11.0. The van der Waals surface area contributed by atoms with E-state index in [0.29, 0.717) is 23.5 Å². The maximum atomic E-state index is 13.0. The highest BCUT2D eigenvalue weighted by molar-refractivity contribution is 7.92. The fourth-order valence-corrected chi connectivity index (χ4v) is 4.59. The standard InChI is InChI=1S/C27H24N2O4S/c1-33-24-16-14-23(15-17-24)29-34(31,32)25-12-7-11-22(19-25)27(30)28-26-13-6-5-10-21(26)18-20-8-3-2-4-9-20/h2-17,19,29H,18H2,1H3,(H,28,30). The van der Waals surface area contributed by atoms with Crippen LogP contribution in [0, 0.1) is 0 Å². The molecule has 0 saturated heterocycles. The van der Waals surface area contributed by atoms with Gasteiger partial charge in [-0.25, -0.2) is 8.42 Å².